The largest absolute Gasteiger partial charge is 0.416 e. The van der Waals surface area contributed by atoms with Crippen LogP contribution in [0.2, 0.25) is 0 Å². The van der Waals surface area contributed by atoms with Gasteiger partial charge in [-0.3, -0.25) is 0 Å². The van der Waals surface area contributed by atoms with E-state index in [1.807, 2.05) is 18.4 Å². The van der Waals surface area contributed by atoms with Gasteiger partial charge >= 0.3 is 6.18 Å². The molecular formula is C20H19F3N4OS. The number of nitrogens with one attached hydrogen (secondary N) is 1. The molecule has 1 aliphatic heterocycles. The molecule has 9 heteroatoms. The summed E-state index contributed by atoms with van der Waals surface area (Å²) in [6, 6.07) is 8.70. The molecule has 2 N–H and O–H groups in total. The Kier molecular flexibility index (Phi) is 5.18. The summed E-state index contributed by atoms with van der Waals surface area (Å²) in [5, 5.41) is 16.1. The summed E-state index contributed by atoms with van der Waals surface area (Å²) in [5.74, 6) is 0.569. The Bertz CT molecular complexity index is 1020. The van der Waals surface area contributed by atoms with Gasteiger partial charge in [0.2, 0.25) is 6.35 Å². The quantitative estimate of drug-likeness (QED) is 0.601. The SMILES string of the molecule is Cc1csc(NC(O)N2CCCc3ccc(-c4cccc(C(F)(F)F)c4)nc32)n1. The summed E-state index contributed by atoms with van der Waals surface area (Å²) < 4.78 is 39.2. The van der Waals surface area contributed by atoms with Gasteiger partial charge in [0.15, 0.2) is 5.13 Å². The van der Waals surface area contributed by atoms with E-state index < -0.39 is 18.1 Å². The van der Waals surface area contributed by atoms with E-state index >= 15 is 0 Å². The molecule has 0 saturated heterocycles. The van der Waals surface area contributed by atoms with Crippen LogP contribution >= 0.6 is 11.3 Å². The van der Waals surface area contributed by atoms with E-state index in [9.17, 15) is 18.3 Å². The second kappa shape index (κ2) is 7.64. The maximum atomic E-state index is 13.1. The van der Waals surface area contributed by atoms with Crippen LogP contribution in [0.15, 0.2) is 41.8 Å². The number of aliphatic hydroxyl groups is 1. The molecule has 4 rings (SSSR count). The topological polar surface area (TPSA) is 61.3 Å². The standard InChI is InChI=1S/C20H19F3N4OS/c1-12-11-29-18(24-12)26-19(28)27-9-3-5-13-7-8-16(25-17(13)27)14-4-2-6-15(10-14)20(21,22)23/h2,4,6-8,10-11,19,28H,3,5,9H2,1H3,(H,24,26). The number of anilines is 2. The lowest BCUT2D eigenvalue weighted by molar-refractivity contribution is -0.137. The summed E-state index contributed by atoms with van der Waals surface area (Å²) in [5.41, 5.74) is 1.90. The predicted octanol–water partition coefficient (Wildman–Crippen LogP) is 4.67. The first-order valence-electron chi connectivity index (χ1n) is 9.12. The zero-order valence-corrected chi connectivity index (χ0v) is 16.4. The number of fused-ring (bicyclic) bond motifs is 1. The minimum absolute atomic E-state index is 0.381. The van der Waals surface area contributed by atoms with E-state index in [0.29, 0.717) is 28.8 Å². The molecule has 1 aliphatic rings. The highest BCUT2D eigenvalue weighted by atomic mass is 32.1. The van der Waals surface area contributed by atoms with Crippen LogP contribution < -0.4 is 10.2 Å². The molecule has 0 aliphatic carbocycles. The zero-order chi connectivity index (χ0) is 20.6. The molecule has 0 radical (unpaired) electrons. The number of alkyl halides is 3. The molecule has 152 valence electrons. The average Bonchev–Trinajstić information content (AvgIpc) is 3.11. The van der Waals surface area contributed by atoms with Crippen molar-refractivity contribution in [1.82, 2.24) is 9.97 Å². The van der Waals surface area contributed by atoms with Crippen LogP contribution in [0.5, 0.6) is 0 Å². The Hall–Kier alpha value is -2.65. The van der Waals surface area contributed by atoms with Crippen LogP contribution in [0.4, 0.5) is 24.1 Å². The number of thiazole rings is 1. The Balaban J connectivity index is 1.65. The average molecular weight is 420 g/mol. The molecule has 1 atom stereocenters. The van der Waals surface area contributed by atoms with Crippen LogP contribution in [-0.4, -0.2) is 28.0 Å². The molecular weight excluding hydrogens is 401 g/mol. The second-order valence-corrected chi connectivity index (χ2v) is 7.72. The van der Waals surface area contributed by atoms with Crippen LogP contribution in [0.1, 0.15) is 23.2 Å². The van der Waals surface area contributed by atoms with Crippen LogP contribution in [0, 0.1) is 6.92 Å². The first-order valence-corrected chi connectivity index (χ1v) is 10.0. The number of aryl methyl sites for hydroxylation is 2. The minimum Gasteiger partial charge on any atom is -0.356 e. The number of pyridine rings is 1. The van der Waals surface area contributed by atoms with E-state index in [-0.39, 0.29) is 0 Å². The van der Waals surface area contributed by atoms with Crippen molar-refractivity contribution < 1.29 is 18.3 Å². The van der Waals surface area contributed by atoms with Gasteiger partial charge in [-0.05, 0) is 43.5 Å². The number of halogens is 3. The third-order valence-electron chi connectivity index (χ3n) is 4.73. The highest BCUT2D eigenvalue weighted by Crippen LogP contribution is 2.34. The van der Waals surface area contributed by atoms with Gasteiger partial charge in [-0.15, -0.1) is 11.3 Å². The molecule has 0 saturated carbocycles. The van der Waals surface area contributed by atoms with E-state index in [0.717, 1.165) is 36.2 Å². The van der Waals surface area contributed by atoms with Crippen molar-refractivity contribution in [2.75, 3.05) is 16.8 Å². The number of nitrogens with zero attached hydrogens (tertiary/aromatic N) is 3. The van der Waals surface area contributed by atoms with Gasteiger partial charge in [-0.1, -0.05) is 18.2 Å². The van der Waals surface area contributed by atoms with Gasteiger partial charge in [-0.2, -0.15) is 13.2 Å². The fourth-order valence-corrected chi connectivity index (χ4v) is 4.03. The van der Waals surface area contributed by atoms with E-state index in [1.165, 1.54) is 17.4 Å². The van der Waals surface area contributed by atoms with Crippen molar-refractivity contribution in [3.63, 3.8) is 0 Å². The first-order chi connectivity index (χ1) is 13.8. The Morgan fingerprint density at radius 2 is 2.03 bits per heavy atom. The molecule has 3 heterocycles. The molecule has 0 amide bonds. The van der Waals surface area contributed by atoms with Crippen LogP contribution in [0.3, 0.4) is 0 Å². The molecule has 29 heavy (non-hydrogen) atoms. The third-order valence-corrected chi connectivity index (χ3v) is 5.62. The Morgan fingerprint density at radius 3 is 2.76 bits per heavy atom. The summed E-state index contributed by atoms with van der Waals surface area (Å²) in [7, 11) is 0. The number of aliphatic hydroxyl groups excluding tert-OH is 1. The molecule has 5 nitrogen and oxygen atoms in total. The van der Waals surface area contributed by atoms with Gasteiger partial charge in [0.25, 0.3) is 0 Å². The van der Waals surface area contributed by atoms with Crippen LogP contribution in [0.25, 0.3) is 11.3 Å². The highest BCUT2D eigenvalue weighted by molar-refractivity contribution is 7.13. The lowest BCUT2D eigenvalue weighted by Crippen LogP contribution is -2.44. The van der Waals surface area contributed by atoms with Gasteiger partial charge < -0.3 is 15.3 Å². The van der Waals surface area contributed by atoms with Gasteiger partial charge in [0, 0.05) is 17.5 Å². The lowest BCUT2D eigenvalue weighted by atomic mass is 10.0. The molecule has 2 aromatic heterocycles. The van der Waals surface area contributed by atoms with Crippen molar-refractivity contribution in [2.24, 2.45) is 0 Å². The zero-order valence-electron chi connectivity index (χ0n) is 15.6. The summed E-state index contributed by atoms with van der Waals surface area (Å²) in [4.78, 5) is 10.6. The molecule has 1 unspecified atom stereocenters. The summed E-state index contributed by atoms with van der Waals surface area (Å²) in [6.45, 7) is 2.44. The second-order valence-electron chi connectivity index (χ2n) is 6.87. The number of rotatable bonds is 4. The van der Waals surface area contributed by atoms with E-state index in [4.69, 9.17) is 0 Å². The molecule has 1 aromatic carbocycles. The van der Waals surface area contributed by atoms with Crippen molar-refractivity contribution >= 4 is 22.3 Å². The van der Waals surface area contributed by atoms with Crippen LogP contribution in [-0.2, 0) is 12.6 Å². The molecule has 3 aromatic rings. The number of aromatic nitrogens is 2. The Morgan fingerprint density at radius 1 is 1.21 bits per heavy atom. The maximum Gasteiger partial charge on any atom is 0.416 e. The van der Waals surface area contributed by atoms with Crippen molar-refractivity contribution in [2.45, 2.75) is 32.3 Å². The number of hydrogen-bond donors (Lipinski definition) is 2. The summed E-state index contributed by atoms with van der Waals surface area (Å²) >= 11 is 1.39. The predicted molar refractivity (Wildman–Crippen MR) is 107 cm³/mol. The molecule has 0 bridgehead atoms. The van der Waals surface area contributed by atoms with E-state index in [2.05, 4.69) is 15.3 Å². The highest BCUT2D eigenvalue weighted by Gasteiger charge is 2.31. The fourth-order valence-electron chi connectivity index (χ4n) is 3.33. The lowest BCUT2D eigenvalue weighted by Gasteiger charge is -2.34. The van der Waals surface area contributed by atoms with E-state index in [1.54, 1.807) is 17.0 Å². The van der Waals surface area contributed by atoms with Crippen molar-refractivity contribution in [3.8, 4) is 11.3 Å². The molecule has 0 spiro atoms. The van der Waals surface area contributed by atoms with Gasteiger partial charge in [-0.25, -0.2) is 9.97 Å². The Labute approximate surface area is 169 Å². The smallest absolute Gasteiger partial charge is 0.356 e. The van der Waals surface area contributed by atoms with Gasteiger partial charge in [0.1, 0.15) is 5.82 Å². The maximum absolute atomic E-state index is 13.1. The molecule has 0 fully saturated rings. The fraction of sp³-hybridized carbons (Fsp3) is 0.300. The normalized spacial score (nSPS) is 15.1. The summed E-state index contributed by atoms with van der Waals surface area (Å²) in [6.07, 6.45) is -3.82. The van der Waals surface area contributed by atoms with Crippen molar-refractivity contribution in [1.29, 1.82) is 0 Å². The first kappa shape index (κ1) is 19.7. The third kappa shape index (κ3) is 4.20. The number of hydrogen-bond acceptors (Lipinski definition) is 6. The minimum atomic E-state index is -4.41. The van der Waals surface area contributed by atoms with Gasteiger partial charge in [0.05, 0.1) is 17.0 Å². The van der Waals surface area contributed by atoms with Crippen molar-refractivity contribution in [3.05, 3.63) is 58.6 Å². The number of benzene rings is 1. The monoisotopic (exact) mass is 420 g/mol.